The lowest BCUT2D eigenvalue weighted by molar-refractivity contribution is -0.104. The van der Waals surface area contributed by atoms with Crippen LogP contribution < -0.4 is 0 Å². The van der Waals surface area contributed by atoms with Crippen LogP contribution in [0.25, 0.3) is 27.7 Å². The topological polar surface area (TPSA) is 54.9 Å². The van der Waals surface area contributed by atoms with Gasteiger partial charge < -0.3 is 9.55 Å². The summed E-state index contributed by atoms with van der Waals surface area (Å²) in [6.07, 6.45) is 3.80. The summed E-state index contributed by atoms with van der Waals surface area (Å²) in [5, 5.41) is 1.36. The number of fused-ring (bicyclic) bond motifs is 1. The molecule has 122 valence electrons. The maximum atomic E-state index is 12.4. The fraction of sp³-hybridized carbons (Fsp3) is 0. The van der Waals surface area contributed by atoms with Gasteiger partial charge in [0.2, 0.25) is 5.78 Å². The molecule has 2 aromatic carbocycles. The maximum absolute atomic E-state index is 12.4. The molecule has 0 unspecified atom stereocenters. The SMILES string of the molecule is O=CC(=O)c1c(-c2c[nH]c3ccccc23)c(Cl)cn1-c1ccccc1. The van der Waals surface area contributed by atoms with E-state index in [-0.39, 0.29) is 5.69 Å². The zero-order valence-corrected chi connectivity index (χ0v) is 13.8. The van der Waals surface area contributed by atoms with E-state index in [4.69, 9.17) is 11.6 Å². The van der Waals surface area contributed by atoms with Gasteiger partial charge >= 0.3 is 0 Å². The van der Waals surface area contributed by atoms with Crippen LogP contribution in [0, 0.1) is 0 Å². The summed E-state index contributed by atoms with van der Waals surface area (Å²) in [4.78, 5) is 26.9. The van der Waals surface area contributed by atoms with E-state index in [2.05, 4.69) is 4.98 Å². The van der Waals surface area contributed by atoms with Crippen molar-refractivity contribution in [1.82, 2.24) is 9.55 Å². The van der Waals surface area contributed by atoms with Crippen molar-refractivity contribution in [1.29, 1.82) is 0 Å². The van der Waals surface area contributed by atoms with Gasteiger partial charge in [-0.1, -0.05) is 48.0 Å². The van der Waals surface area contributed by atoms with Crippen LogP contribution in [-0.4, -0.2) is 21.6 Å². The summed E-state index contributed by atoms with van der Waals surface area (Å²) in [6, 6.07) is 17.1. The molecule has 25 heavy (non-hydrogen) atoms. The molecule has 0 aliphatic rings. The number of H-pyrrole nitrogens is 1. The molecule has 0 fully saturated rings. The number of hydrogen-bond acceptors (Lipinski definition) is 2. The fourth-order valence-electron chi connectivity index (χ4n) is 3.10. The number of para-hydroxylation sites is 2. The molecule has 0 aliphatic carbocycles. The number of rotatable bonds is 4. The highest BCUT2D eigenvalue weighted by Gasteiger charge is 2.24. The van der Waals surface area contributed by atoms with Crippen LogP contribution in [0.3, 0.4) is 0 Å². The predicted octanol–water partition coefficient (Wildman–Crippen LogP) is 4.66. The number of halogens is 1. The van der Waals surface area contributed by atoms with Crippen molar-refractivity contribution in [2.24, 2.45) is 0 Å². The van der Waals surface area contributed by atoms with E-state index >= 15 is 0 Å². The van der Waals surface area contributed by atoms with E-state index in [1.54, 1.807) is 10.8 Å². The Labute approximate surface area is 148 Å². The molecule has 0 radical (unpaired) electrons. The van der Waals surface area contributed by atoms with Crippen LogP contribution in [-0.2, 0) is 4.79 Å². The monoisotopic (exact) mass is 348 g/mol. The number of benzene rings is 2. The number of ketones is 1. The van der Waals surface area contributed by atoms with E-state index in [1.807, 2.05) is 60.8 Å². The molecule has 0 saturated heterocycles. The highest BCUT2D eigenvalue weighted by molar-refractivity contribution is 6.39. The third-order valence-electron chi connectivity index (χ3n) is 4.19. The Bertz CT molecular complexity index is 1090. The fourth-order valence-corrected chi connectivity index (χ4v) is 3.39. The zero-order chi connectivity index (χ0) is 17.4. The van der Waals surface area contributed by atoms with E-state index in [0.29, 0.717) is 16.9 Å². The third kappa shape index (κ3) is 2.47. The number of carbonyl (C=O) groups is 2. The Balaban J connectivity index is 2.04. The molecule has 2 heterocycles. The Morgan fingerprint density at radius 3 is 2.52 bits per heavy atom. The smallest absolute Gasteiger partial charge is 0.242 e. The highest BCUT2D eigenvalue weighted by Crippen LogP contribution is 2.38. The largest absolute Gasteiger partial charge is 0.361 e. The minimum atomic E-state index is -0.615. The van der Waals surface area contributed by atoms with Crippen LogP contribution in [0.1, 0.15) is 10.5 Å². The lowest BCUT2D eigenvalue weighted by Crippen LogP contribution is -2.09. The van der Waals surface area contributed by atoms with Crippen LogP contribution in [0.5, 0.6) is 0 Å². The molecule has 0 atom stereocenters. The molecule has 1 N–H and O–H groups in total. The van der Waals surface area contributed by atoms with Gasteiger partial charge in [-0.3, -0.25) is 9.59 Å². The van der Waals surface area contributed by atoms with Gasteiger partial charge in [0, 0.05) is 40.1 Å². The van der Waals surface area contributed by atoms with Crippen molar-refractivity contribution in [3.8, 4) is 16.8 Å². The Morgan fingerprint density at radius 1 is 1.04 bits per heavy atom. The third-order valence-corrected chi connectivity index (χ3v) is 4.48. The van der Waals surface area contributed by atoms with Crippen molar-refractivity contribution >= 4 is 34.6 Å². The summed E-state index contributed by atoms with van der Waals surface area (Å²) in [6.45, 7) is 0. The second kappa shape index (κ2) is 6.07. The molecule has 2 aromatic heterocycles. The lowest BCUT2D eigenvalue weighted by Gasteiger charge is -2.08. The molecule has 4 aromatic rings. The van der Waals surface area contributed by atoms with E-state index in [0.717, 1.165) is 22.2 Å². The second-order valence-electron chi connectivity index (χ2n) is 5.64. The van der Waals surface area contributed by atoms with Crippen LogP contribution in [0.15, 0.2) is 67.0 Å². The molecule has 0 aliphatic heterocycles. The Kier molecular flexibility index (Phi) is 3.75. The Morgan fingerprint density at radius 2 is 1.76 bits per heavy atom. The van der Waals surface area contributed by atoms with Gasteiger partial charge in [0.05, 0.1) is 5.02 Å². The molecule has 0 bridgehead atoms. The summed E-state index contributed by atoms with van der Waals surface area (Å²) in [7, 11) is 0. The number of carbonyl (C=O) groups excluding carboxylic acids is 2. The molecule has 4 rings (SSSR count). The lowest BCUT2D eigenvalue weighted by atomic mass is 10.0. The van der Waals surface area contributed by atoms with Crippen LogP contribution >= 0.6 is 11.6 Å². The van der Waals surface area contributed by atoms with Crippen LogP contribution in [0.4, 0.5) is 0 Å². The number of nitrogens with one attached hydrogen (secondary N) is 1. The van der Waals surface area contributed by atoms with Gasteiger partial charge in [-0.05, 0) is 18.2 Å². The summed E-state index contributed by atoms with van der Waals surface area (Å²) >= 11 is 6.49. The van der Waals surface area contributed by atoms with Crippen molar-refractivity contribution < 1.29 is 9.59 Å². The van der Waals surface area contributed by atoms with E-state index in [9.17, 15) is 9.59 Å². The number of aromatic nitrogens is 2. The molecular formula is C20H13ClN2O2. The average molecular weight is 349 g/mol. The summed E-state index contributed by atoms with van der Waals surface area (Å²) < 4.78 is 1.66. The van der Waals surface area contributed by atoms with Crippen molar-refractivity contribution in [2.75, 3.05) is 0 Å². The van der Waals surface area contributed by atoms with E-state index < -0.39 is 5.78 Å². The van der Waals surface area contributed by atoms with Gasteiger partial charge in [0.25, 0.3) is 0 Å². The van der Waals surface area contributed by atoms with Crippen molar-refractivity contribution in [3.05, 3.63) is 77.7 Å². The number of Topliss-reactive ketones (excluding diaryl/α,β-unsaturated/α-hetero) is 1. The molecule has 4 nitrogen and oxygen atoms in total. The van der Waals surface area contributed by atoms with Gasteiger partial charge in [0.1, 0.15) is 5.69 Å². The molecule has 0 saturated carbocycles. The Hall–Kier alpha value is -3.11. The number of nitrogens with zero attached hydrogens (tertiary/aromatic N) is 1. The molecule has 0 spiro atoms. The maximum Gasteiger partial charge on any atom is 0.242 e. The van der Waals surface area contributed by atoms with Gasteiger partial charge in [-0.2, -0.15) is 0 Å². The minimum absolute atomic E-state index is 0.260. The predicted molar refractivity (Wildman–Crippen MR) is 98.5 cm³/mol. The van der Waals surface area contributed by atoms with Crippen LogP contribution in [0.2, 0.25) is 5.02 Å². The normalized spacial score (nSPS) is 10.9. The molecule has 5 heteroatoms. The van der Waals surface area contributed by atoms with Crippen molar-refractivity contribution in [3.63, 3.8) is 0 Å². The van der Waals surface area contributed by atoms with Gasteiger partial charge in [0.15, 0.2) is 6.29 Å². The second-order valence-corrected chi connectivity index (χ2v) is 6.04. The first-order valence-corrected chi connectivity index (χ1v) is 8.10. The minimum Gasteiger partial charge on any atom is -0.361 e. The highest BCUT2D eigenvalue weighted by atomic mass is 35.5. The standard InChI is InChI=1S/C20H13ClN2O2/c21-16-11-23(13-6-2-1-3-7-13)20(18(25)12-24)19(16)15-10-22-17-9-5-4-8-14(15)17/h1-12,22H. The number of hydrogen-bond donors (Lipinski definition) is 1. The first-order chi connectivity index (χ1) is 12.2. The van der Waals surface area contributed by atoms with Gasteiger partial charge in [-0.25, -0.2) is 0 Å². The zero-order valence-electron chi connectivity index (χ0n) is 13.1. The summed E-state index contributed by atoms with van der Waals surface area (Å²) in [5.41, 5.74) is 3.31. The molecule has 0 amide bonds. The average Bonchev–Trinajstić information content (AvgIpc) is 3.22. The van der Waals surface area contributed by atoms with Gasteiger partial charge in [-0.15, -0.1) is 0 Å². The number of aldehydes is 1. The molecular weight excluding hydrogens is 336 g/mol. The quantitative estimate of drug-likeness (QED) is 0.331. The number of aromatic amines is 1. The summed E-state index contributed by atoms with van der Waals surface area (Å²) in [5.74, 6) is -0.615. The first kappa shape index (κ1) is 15.4. The van der Waals surface area contributed by atoms with E-state index in [1.165, 1.54) is 0 Å². The first-order valence-electron chi connectivity index (χ1n) is 7.73. The van der Waals surface area contributed by atoms with Crippen molar-refractivity contribution in [2.45, 2.75) is 0 Å².